The topological polar surface area (TPSA) is 72.3 Å². The van der Waals surface area contributed by atoms with Crippen molar-refractivity contribution < 1.29 is 14.6 Å². The third-order valence-corrected chi connectivity index (χ3v) is 3.05. The van der Waals surface area contributed by atoms with Gasteiger partial charge in [0.2, 0.25) is 0 Å². The van der Waals surface area contributed by atoms with Crippen molar-refractivity contribution in [3.63, 3.8) is 0 Å². The lowest BCUT2D eigenvalue weighted by molar-refractivity contribution is -0.136. The molecule has 0 radical (unpaired) electrons. The Bertz CT molecular complexity index is 447. The Balaban J connectivity index is 3.06. The van der Waals surface area contributed by atoms with Crippen LogP contribution in [-0.4, -0.2) is 27.7 Å². The highest BCUT2D eigenvalue weighted by molar-refractivity contribution is 5.67. The molecule has 0 saturated carbocycles. The molecule has 0 aliphatic heterocycles. The zero-order valence-corrected chi connectivity index (χ0v) is 12.3. The van der Waals surface area contributed by atoms with Gasteiger partial charge in [0, 0.05) is 24.4 Å². The Kier molecular flexibility index (Phi) is 5.00. The molecule has 1 aromatic heterocycles. The van der Waals surface area contributed by atoms with E-state index in [2.05, 4.69) is 9.97 Å². The van der Waals surface area contributed by atoms with Gasteiger partial charge >= 0.3 is 5.97 Å². The summed E-state index contributed by atoms with van der Waals surface area (Å²) in [4.78, 5) is 19.6. The number of hydrogen-bond donors (Lipinski definition) is 1. The number of aliphatic carboxylic acids is 1. The van der Waals surface area contributed by atoms with Gasteiger partial charge in [-0.05, 0) is 46.6 Å². The molecule has 106 valence electrons. The molecule has 0 fully saturated rings. The van der Waals surface area contributed by atoms with Gasteiger partial charge in [0.15, 0.2) is 5.82 Å². The Hall–Kier alpha value is -1.49. The van der Waals surface area contributed by atoms with E-state index < -0.39 is 11.6 Å². The number of aryl methyl sites for hydroxylation is 2. The highest BCUT2D eigenvalue weighted by atomic mass is 16.5. The predicted molar refractivity (Wildman–Crippen MR) is 72.1 cm³/mol. The van der Waals surface area contributed by atoms with E-state index >= 15 is 0 Å². The number of carboxylic acids is 1. The fraction of sp³-hybridized carbons (Fsp3) is 0.643. The number of hydrogen-bond acceptors (Lipinski definition) is 4. The molecule has 5 heteroatoms. The minimum atomic E-state index is -0.808. The molecule has 1 heterocycles. The molecule has 19 heavy (non-hydrogen) atoms. The van der Waals surface area contributed by atoms with Crippen LogP contribution in [0.15, 0.2) is 0 Å². The third kappa shape index (κ3) is 3.99. The minimum Gasteiger partial charge on any atom is -0.481 e. The van der Waals surface area contributed by atoms with Crippen LogP contribution >= 0.6 is 0 Å². The molecule has 0 aromatic carbocycles. The van der Waals surface area contributed by atoms with Crippen LogP contribution in [0.5, 0.6) is 0 Å². The summed E-state index contributed by atoms with van der Waals surface area (Å²) in [5.74, 6) is -0.166. The smallest absolute Gasteiger partial charge is 0.303 e. The molecule has 5 nitrogen and oxygen atoms in total. The normalized spacial score (nSPS) is 11.6. The van der Waals surface area contributed by atoms with Crippen molar-refractivity contribution in [1.29, 1.82) is 0 Å². The van der Waals surface area contributed by atoms with Crippen LogP contribution in [0.2, 0.25) is 0 Å². The molecule has 0 amide bonds. The fourth-order valence-corrected chi connectivity index (χ4v) is 2.03. The van der Waals surface area contributed by atoms with Crippen molar-refractivity contribution in [3.05, 3.63) is 22.8 Å². The molecule has 1 aromatic rings. The number of ether oxygens (including phenoxy) is 1. The van der Waals surface area contributed by atoms with Crippen molar-refractivity contribution in [1.82, 2.24) is 9.97 Å². The molecule has 0 aliphatic rings. The summed E-state index contributed by atoms with van der Waals surface area (Å²) >= 11 is 0. The molecule has 0 saturated heterocycles. The highest BCUT2D eigenvalue weighted by Gasteiger charge is 2.25. The summed E-state index contributed by atoms with van der Waals surface area (Å²) in [6, 6.07) is 0. The van der Waals surface area contributed by atoms with Gasteiger partial charge in [-0.25, -0.2) is 9.97 Å². The Labute approximate surface area is 114 Å². The monoisotopic (exact) mass is 266 g/mol. The van der Waals surface area contributed by atoms with E-state index in [1.807, 2.05) is 34.6 Å². The molecular formula is C14H22N2O3. The van der Waals surface area contributed by atoms with Crippen molar-refractivity contribution in [2.24, 2.45) is 0 Å². The van der Waals surface area contributed by atoms with Gasteiger partial charge in [0.1, 0.15) is 5.60 Å². The van der Waals surface area contributed by atoms with Crippen LogP contribution in [0.4, 0.5) is 0 Å². The van der Waals surface area contributed by atoms with Gasteiger partial charge in [-0.1, -0.05) is 0 Å². The molecular weight excluding hydrogens is 244 g/mol. The zero-order chi connectivity index (χ0) is 14.6. The van der Waals surface area contributed by atoms with E-state index in [1.54, 1.807) is 0 Å². The maximum atomic E-state index is 10.6. The van der Waals surface area contributed by atoms with Crippen LogP contribution < -0.4 is 0 Å². The summed E-state index contributed by atoms with van der Waals surface area (Å²) < 4.78 is 5.64. The number of carbonyl (C=O) groups is 1. The molecule has 0 atom stereocenters. The second-order valence-electron chi connectivity index (χ2n) is 5.03. The molecule has 0 spiro atoms. The maximum absolute atomic E-state index is 10.6. The largest absolute Gasteiger partial charge is 0.481 e. The summed E-state index contributed by atoms with van der Waals surface area (Å²) in [5.41, 5.74) is 2.04. The van der Waals surface area contributed by atoms with Crippen molar-refractivity contribution in [3.8, 4) is 0 Å². The average molecular weight is 266 g/mol. The van der Waals surface area contributed by atoms with E-state index in [9.17, 15) is 4.79 Å². The summed E-state index contributed by atoms with van der Waals surface area (Å²) in [5, 5.41) is 8.75. The van der Waals surface area contributed by atoms with Crippen molar-refractivity contribution in [2.75, 3.05) is 6.61 Å². The van der Waals surface area contributed by atoms with Gasteiger partial charge in [-0.3, -0.25) is 4.79 Å². The Morgan fingerprint density at radius 3 is 2.21 bits per heavy atom. The number of rotatable bonds is 6. The second kappa shape index (κ2) is 6.10. The number of carboxylic acid groups (broad SMARTS) is 1. The summed E-state index contributed by atoms with van der Waals surface area (Å²) in [7, 11) is 0. The lowest BCUT2D eigenvalue weighted by atomic mass is 10.0. The first-order chi connectivity index (χ1) is 8.77. The quantitative estimate of drug-likeness (QED) is 0.855. The third-order valence-electron chi connectivity index (χ3n) is 3.05. The van der Waals surface area contributed by atoms with E-state index in [-0.39, 0.29) is 6.42 Å². The van der Waals surface area contributed by atoms with E-state index in [1.165, 1.54) is 0 Å². The standard InChI is InChI=1S/C14H22N2O3/c1-6-19-14(4,5)13-15-9(2)11(10(3)16-13)7-8-12(17)18/h6-8H2,1-5H3,(H,17,18). The van der Waals surface area contributed by atoms with Crippen LogP contribution in [0.1, 0.15) is 50.0 Å². The minimum absolute atomic E-state index is 0.0965. The van der Waals surface area contributed by atoms with Crippen LogP contribution in [0, 0.1) is 13.8 Å². The predicted octanol–water partition coefficient (Wildman–Crippen LogP) is 2.38. The molecule has 1 rings (SSSR count). The van der Waals surface area contributed by atoms with Gasteiger partial charge < -0.3 is 9.84 Å². The van der Waals surface area contributed by atoms with Gasteiger partial charge in [0.05, 0.1) is 0 Å². The fourth-order valence-electron chi connectivity index (χ4n) is 2.03. The zero-order valence-electron chi connectivity index (χ0n) is 12.3. The SMILES string of the molecule is CCOC(C)(C)c1nc(C)c(CCC(=O)O)c(C)n1. The maximum Gasteiger partial charge on any atom is 0.303 e. The van der Waals surface area contributed by atoms with Crippen molar-refractivity contribution >= 4 is 5.97 Å². The van der Waals surface area contributed by atoms with Gasteiger partial charge in [0.25, 0.3) is 0 Å². The van der Waals surface area contributed by atoms with Gasteiger partial charge in [-0.15, -0.1) is 0 Å². The molecule has 0 aliphatic carbocycles. The first-order valence-corrected chi connectivity index (χ1v) is 6.48. The van der Waals surface area contributed by atoms with E-state index in [4.69, 9.17) is 9.84 Å². The molecule has 0 bridgehead atoms. The van der Waals surface area contributed by atoms with Crippen LogP contribution in [0.3, 0.4) is 0 Å². The lowest BCUT2D eigenvalue weighted by Crippen LogP contribution is -2.26. The number of nitrogens with zero attached hydrogens (tertiary/aromatic N) is 2. The second-order valence-corrected chi connectivity index (χ2v) is 5.03. The lowest BCUT2D eigenvalue weighted by Gasteiger charge is -2.24. The Morgan fingerprint density at radius 2 is 1.79 bits per heavy atom. The molecule has 1 N–H and O–H groups in total. The van der Waals surface area contributed by atoms with Crippen LogP contribution in [0.25, 0.3) is 0 Å². The molecule has 0 unspecified atom stereocenters. The Morgan fingerprint density at radius 1 is 1.26 bits per heavy atom. The van der Waals surface area contributed by atoms with E-state index in [0.717, 1.165) is 17.0 Å². The summed E-state index contributed by atoms with van der Waals surface area (Å²) in [6.45, 7) is 10.2. The van der Waals surface area contributed by atoms with E-state index in [0.29, 0.717) is 18.9 Å². The number of aromatic nitrogens is 2. The van der Waals surface area contributed by atoms with Gasteiger partial charge in [-0.2, -0.15) is 0 Å². The average Bonchev–Trinajstić information content (AvgIpc) is 2.27. The first-order valence-electron chi connectivity index (χ1n) is 6.48. The van der Waals surface area contributed by atoms with Crippen molar-refractivity contribution in [2.45, 2.75) is 53.1 Å². The summed E-state index contributed by atoms with van der Waals surface area (Å²) in [6.07, 6.45) is 0.557. The first kappa shape index (κ1) is 15.6. The highest BCUT2D eigenvalue weighted by Crippen LogP contribution is 2.23. The van der Waals surface area contributed by atoms with Crippen LogP contribution in [-0.2, 0) is 21.6 Å².